The number of rotatable bonds is 9. The Bertz CT molecular complexity index is 517. The number of aromatic nitrogens is 1. The van der Waals surface area contributed by atoms with Gasteiger partial charge in [0.2, 0.25) is 0 Å². The molecule has 128 valence electrons. The highest BCUT2D eigenvalue weighted by Gasteiger charge is 2.15. The molecule has 1 aromatic rings. The summed E-state index contributed by atoms with van der Waals surface area (Å²) in [7, 11) is 5.74. The van der Waals surface area contributed by atoms with Crippen LogP contribution in [0.3, 0.4) is 0 Å². The summed E-state index contributed by atoms with van der Waals surface area (Å²) in [6.45, 7) is 4.28. The summed E-state index contributed by atoms with van der Waals surface area (Å²) >= 11 is 0. The van der Waals surface area contributed by atoms with Crippen LogP contribution in [0.4, 0.5) is 0 Å². The van der Waals surface area contributed by atoms with Crippen molar-refractivity contribution in [3.63, 3.8) is 0 Å². The Hall–Kier alpha value is -1.95. The van der Waals surface area contributed by atoms with E-state index in [9.17, 15) is 9.59 Å². The molecule has 0 saturated carbocycles. The maximum Gasteiger partial charge on any atom is 0.272 e. The molecule has 0 radical (unpaired) electrons. The maximum atomic E-state index is 12.3. The topological polar surface area (TPSA) is 65.5 Å². The van der Waals surface area contributed by atoms with Gasteiger partial charge in [0.1, 0.15) is 11.4 Å². The smallest absolute Gasteiger partial charge is 0.272 e. The summed E-state index contributed by atoms with van der Waals surface area (Å²) in [6, 6.07) is 4.97. The van der Waals surface area contributed by atoms with Crippen molar-refractivity contribution in [2.75, 3.05) is 40.8 Å². The van der Waals surface area contributed by atoms with E-state index in [1.807, 2.05) is 14.1 Å². The van der Waals surface area contributed by atoms with Crippen LogP contribution in [0.2, 0.25) is 0 Å². The third-order valence-electron chi connectivity index (χ3n) is 3.46. The van der Waals surface area contributed by atoms with E-state index in [0.29, 0.717) is 18.8 Å². The Morgan fingerprint density at radius 1 is 1.09 bits per heavy atom. The first kappa shape index (κ1) is 19.1. The number of nitrogens with zero attached hydrogens (tertiary/aromatic N) is 3. The lowest BCUT2D eigenvalue weighted by atomic mass is 10.2. The van der Waals surface area contributed by atoms with Gasteiger partial charge < -0.3 is 15.1 Å². The van der Waals surface area contributed by atoms with E-state index < -0.39 is 0 Å². The lowest BCUT2D eigenvalue weighted by molar-refractivity contribution is 0.0787. The first-order valence-electron chi connectivity index (χ1n) is 8.11. The zero-order valence-electron chi connectivity index (χ0n) is 14.6. The highest BCUT2D eigenvalue weighted by atomic mass is 16.2. The SMILES string of the molecule is CCCCN(C)C(=O)c1cccc(C(=O)NCCCN(C)C)n1. The van der Waals surface area contributed by atoms with E-state index >= 15 is 0 Å². The van der Waals surface area contributed by atoms with Crippen molar-refractivity contribution < 1.29 is 9.59 Å². The molecule has 0 fully saturated rings. The number of hydrogen-bond acceptors (Lipinski definition) is 4. The standard InChI is InChI=1S/C17H28N4O2/c1-5-6-13-21(4)17(23)15-10-7-9-14(19-15)16(22)18-11-8-12-20(2)3/h7,9-10H,5-6,8,11-13H2,1-4H3,(H,18,22). The zero-order valence-corrected chi connectivity index (χ0v) is 14.6. The van der Waals surface area contributed by atoms with E-state index in [0.717, 1.165) is 25.8 Å². The molecule has 1 aromatic heterocycles. The number of nitrogens with one attached hydrogen (secondary N) is 1. The second kappa shape index (κ2) is 9.94. The number of unbranched alkanes of at least 4 members (excludes halogenated alkanes) is 1. The zero-order chi connectivity index (χ0) is 17.2. The molecule has 1 heterocycles. The molecule has 0 spiro atoms. The molecule has 0 aliphatic rings. The summed E-state index contributed by atoms with van der Waals surface area (Å²) in [4.78, 5) is 32.3. The van der Waals surface area contributed by atoms with E-state index in [-0.39, 0.29) is 17.5 Å². The molecule has 1 N–H and O–H groups in total. The Balaban J connectivity index is 2.61. The average molecular weight is 320 g/mol. The van der Waals surface area contributed by atoms with E-state index in [4.69, 9.17) is 0 Å². The van der Waals surface area contributed by atoms with Gasteiger partial charge in [-0.2, -0.15) is 0 Å². The van der Waals surface area contributed by atoms with Crippen LogP contribution in [0.15, 0.2) is 18.2 Å². The van der Waals surface area contributed by atoms with Gasteiger partial charge in [0.25, 0.3) is 11.8 Å². The van der Waals surface area contributed by atoms with Gasteiger partial charge in [0.15, 0.2) is 0 Å². The second-order valence-corrected chi connectivity index (χ2v) is 5.90. The van der Waals surface area contributed by atoms with Gasteiger partial charge in [-0.15, -0.1) is 0 Å². The Labute approximate surface area is 138 Å². The highest BCUT2D eigenvalue weighted by Crippen LogP contribution is 2.04. The van der Waals surface area contributed by atoms with Crippen molar-refractivity contribution in [3.8, 4) is 0 Å². The van der Waals surface area contributed by atoms with Crippen molar-refractivity contribution in [3.05, 3.63) is 29.6 Å². The number of carbonyl (C=O) groups is 2. The minimum atomic E-state index is -0.241. The van der Waals surface area contributed by atoms with Gasteiger partial charge in [0.05, 0.1) is 0 Å². The van der Waals surface area contributed by atoms with Crippen molar-refractivity contribution >= 4 is 11.8 Å². The van der Waals surface area contributed by atoms with Crippen molar-refractivity contribution in [2.24, 2.45) is 0 Å². The number of carbonyl (C=O) groups excluding carboxylic acids is 2. The minimum Gasteiger partial charge on any atom is -0.351 e. The summed E-state index contributed by atoms with van der Waals surface area (Å²) in [5, 5.41) is 2.83. The molecule has 6 heteroatoms. The summed E-state index contributed by atoms with van der Waals surface area (Å²) in [5.74, 6) is -0.393. The molecule has 23 heavy (non-hydrogen) atoms. The molecule has 0 aliphatic carbocycles. The molecule has 0 atom stereocenters. The quantitative estimate of drug-likeness (QED) is 0.703. The number of amides is 2. The van der Waals surface area contributed by atoms with Gasteiger partial charge in [-0.05, 0) is 45.6 Å². The predicted molar refractivity (Wildman–Crippen MR) is 91.6 cm³/mol. The van der Waals surface area contributed by atoms with E-state index in [1.54, 1.807) is 30.1 Å². The summed E-state index contributed by atoms with van der Waals surface area (Å²) in [6.07, 6.45) is 2.85. The second-order valence-electron chi connectivity index (χ2n) is 5.90. The fourth-order valence-electron chi connectivity index (χ4n) is 2.06. The fourth-order valence-corrected chi connectivity index (χ4v) is 2.06. The van der Waals surface area contributed by atoms with Crippen LogP contribution in [-0.2, 0) is 0 Å². The van der Waals surface area contributed by atoms with Gasteiger partial charge >= 0.3 is 0 Å². The van der Waals surface area contributed by atoms with E-state index in [1.165, 1.54) is 0 Å². The average Bonchev–Trinajstić information content (AvgIpc) is 2.55. The van der Waals surface area contributed by atoms with Crippen LogP contribution in [0.5, 0.6) is 0 Å². The van der Waals surface area contributed by atoms with Gasteiger partial charge in [-0.3, -0.25) is 9.59 Å². The van der Waals surface area contributed by atoms with Crippen molar-refractivity contribution in [1.29, 1.82) is 0 Å². The van der Waals surface area contributed by atoms with Gasteiger partial charge in [-0.1, -0.05) is 19.4 Å². The molecule has 0 unspecified atom stereocenters. The molecular formula is C17H28N4O2. The Morgan fingerprint density at radius 2 is 1.78 bits per heavy atom. The monoisotopic (exact) mass is 320 g/mol. The van der Waals surface area contributed by atoms with E-state index in [2.05, 4.69) is 22.1 Å². The molecule has 0 bridgehead atoms. The van der Waals surface area contributed by atoms with Crippen molar-refractivity contribution in [1.82, 2.24) is 20.1 Å². The third-order valence-corrected chi connectivity index (χ3v) is 3.46. The number of hydrogen-bond donors (Lipinski definition) is 1. The maximum absolute atomic E-state index is 12.3. The predicted octanol–water partition coefficient (Wildman–Crippen LogP) is 1.64. The van der Waals surface area contributed by atoms with Crippen LogP contribution in [0.1, 0.15) is 47.2 Å². The largest absolute Gasteiger partial charge is 0.351 e. The molecule has 0 saturated heterocycles. The fraction of sp³-hybridized carbons (Fsp3) is 0.588. The van der Waals surface area contributed by atoms with Crippen LogP contribution >= 0.6 is 0 Å². The summed E-state index contributed by atoms with van der Waals surface area (Å²) < 4.78 is 0. The van der Waals surface area contributed by atoms with Gasteiger partial charge in [0, 0.05) is 20.1 Å². The molecule has 2 amide bonds. The highest BCUT2D eigenvalue weighted by molar-refractivity contribution is 5.96. The minimum absolute atomic E-state index is 0.152. The molecule has 0 aliphatic heterocycles. The molecular weight excluding hydrogens is 292 g/mol. The third kappa shape index (κ3) is 6.78. The van der Waals surface area contributed by atoms with Crippen molar-refractivity contribution in [2.45, 2.75) is 26.2 Å². The normalized spacial score (nSPS) is 10.7. The van der Waals surface area contributed by atoms with Crippen LogP contribution in [0, 0.1) is 0 Å². The van der Waals surface area contributed by atoms with Crippen LogP contribution in [0.25, 0.3) is 0 Å². The first-order valence-corrected chi connectivity index (χ1v) is 8.11. The Morgan fingerprint density at radius 3 is 2.43 bits per heavy atom. The first-order chi connectivity index (χ1) is 11.0. The van der Waals surface area contributed by atoms with Crippen LogP contribution in [-0.4, -0.2) is 67.4 Å². The molecule has 1 rings (SSSR count). The number of pyridine rings is 1. The Kier molecular flexibility index (Phi) is 8.26. The van der Waals surface area contributed by atoms with Gasteiger partial charge in [-0.25, -0.2) is 4.98 Å². The molecule has 0 aromatic carbocycles. The molecule has 6 nitrogen and oxygen atoms in total. The lowest BCUT2D eigenvalue weighted by Crippen LogP contribution is -2.30. The summed E-state index contributed by atoms with van der Waals surface area (Å²) in [5.41, 5.74) is 0.592. The lowest BCUT2D eigenvalue weighted by Gasteiger charge is -2.16. The van der Waals surface area contributed by atoms with Crippen LogP contribution < -0.4 is 5.32 Å².